The zero-order valence-electron chi connectivity index (χ0n) is 15.3. The van der Waals surface area contributed by atoms with Crippen molar-refractivity contribution < 1.29 is 13.2 Å². The molecular weight excluding hydrogens is 401 g/mol. The Labute approximate surface area is 166 Å². The molecule has 0 radical (unpaired) electrons. The molecule has 0 bridgehead atoms. The number of imidazole rings is 1. The minimum atomic E-state index is -4.39. The quantitative estimate of drug-likeness (QED) is 0.463. The Balaban J connectivity index is 1.59. The van der Waals surface area contributed by atoms with Crippen molar-refractivity contribution in [3.63, 3.8) is 0 Å². The highest BCUT2D eigenvalue weighted by atomic mass is 19.4. The highest BCUT2D eigenvalue weighted by molar-refractivity contribution is 5.73. The Bertz CT molecular complexity index is 1320. The number of rotatable bonds is 5. The summed E-state index contributed by atoms with van der Waals surface area (Å²) < 4.78 is 40.1. The van der Waals surface area contributed by atoms with Gasteiger partial charge in [0, 0.05) is 25.1 Å². The second-order valence-corrected chi connectivity index (χ2v) is 6.50. The first-order valence-electron chi connectivity index (χ1n) is 8.88. The molecule has 11 heteroatoms. The Hall–Kier alpha value is -3.89. The summed E-state index contributed by atoms with van der Waals surface area (Å²) in [5, 5.41) is 7.44. The average Bonchev–Trinajstić information content (AvgIpc) is 3.16. The molecule has 0 spiro atoms. The summed E-state index contributed by atoms with van der Waals surface area (Å²) in [4.78, 5) is 32.1. The van der Waals surface area contributed by atoms with E-state index in [1.807, 2.05) is 0 Å². The predicted molar refractivity (Wildman–Crippen MR) is 103 cm³/mol. The number of benzene rings is 1. The molecule has 0 aliphatic heterocycles. The lowest BCUT2D eigenvalue weighted by atomic mass is 10.1. The van der Waals surface area contributed by atoms with E-state index in [9.17, 15) is 22.8 Å². The van der Waals surface area contributed by atoms with Crippen molar-refractivity contribution in [2.24, 2.45) is 0 Å². The van der Waals surface area contributed by atoms with Crippen molar-refractivity contribution in [2.75, 3.05) is 11.9 Å². The summed E-state index contributed by atoms with van der Waals surface area (Å²) >= 11 is 0. The number of fused-ring (bicyclic) bond motifs is 1. The van der Waals surface area contributed by atoms with Crippen molar-refractivity contribution in [1.29, 1.82) is 0 Å². The Kier molecular flexibility index (Phi) is 4.86. The third-order valence-electron chi connectivity index (χ3n) is 4.44. The van der Waals surface area contributed by atoms with Crippen LogP contribution in [-0.2, 0) is 12.6 Å². The Morgan fingerprint density at radius 2 is 2.00 bits per heavy atom. The van der Waals surface area contributed by atoms with Gasteiger partial charge in [-0.1, -0.05) is 18.2 Å². The molecule has 0 aliphatic carbocycles. The third kappa shape index (κ3) is 3.95. The maximum absolute atomic E-state index is 12.9. The molecule has 0 saturated carbocycles. The lowest BCUT2D eigenvalue weighted by molar-refractivity contribution is -0.137. The number of anilines is 1. The number of alkyl halides is 3. The number of aromatic nitrogens is 5. The van der Waals surface area contributed by atoms with E-state index in [0.717, 1.165) is 12.1 Å². The van der Waals surface area contributed by atoms with E-state index in [-0.39, 0.29) is 5.56 Å². The van der Waals surface area contributed by atoms with Gasteiger partial charge >= 0.3 is 11.9 Å². The summed E-state index contributed by atoms with van der Waals surface area (Å²) in [5.74, 6) is 0. The lowest BCUT2D eigenvalue weighted by Gasteiger charge is -2.11. The van der Waals surface area contributed by atoms with E-state index in [4.69, 9.17) is 0 Å². The highest BCUT2D eigenvalue weighted by Crippen LogP contribution is 2.29. The van der Waals surface area contributed by atoms with E-state index in [2.05, 4.69) is 25.4 Å². The number of H-pyrrole nitrogens is 2. The first-order chi connectivity index (χ1) is 14.3. The number of hydrogen-bond donors (Lipinski definition) is 3. The molecule has 0 saturated heterocycles. The van der Waals surface area contributed by atoms with E-state index in [0.29, 0.717) is 35.6 Å². The van der Waals surface area contributed by atoms with Crippen LogP contribution in [0.3, 0.4) is 0 Å². The predicted octanol–water partition coefficient (Wildman–Crippen LogP) is 2.45. The van der Waals surface area contributed by atoms with Gasteiger partial charge in [0.15, 0.2) is 5.65 Å². The molecule has 0 fully saturated rings. The molecule has 3 aromatic heterocycles. The average molecular weight is 416 g/mol. The van der Waals surface area contributed by atoms with E-state index in [1.54, 1.807) is 18.3 Å². The fourth-order valence-corrected chi connectivity index (χ4v) is 3.02. The van der Waals surface area contributed by atoms with Gasteiger partial charge in [0.2, 0.25) is 0 Å². The van der Waals surface area contributed by atoms with Crippen LogP contribution < -0.4 is 16.6 Å². The Morgan fingerprint density at radius 3 is 2.77 bits per heavy atom. The second kappa shape index (κ2) is 7.50. The molecular formula is C19H15F3N6O2. The van der Waals surface area contributed by atoms with E-state index >= 15 is 0 Å². The minimum Gasteiger partial charge on any atom is -0.382 e. The van der Waals surface area contributed by atoms with Crippen LogP contribution in [0.1, 0.15) is 11.1 Å². The van der Waals surface area contributed by atoms with E-state index in [1.165, 1.54) is 23.0 Å². The second-order valence-electron chi connectivity index (χ2n) is 6.50. The molecule has 154 valence electrons. The van der Waals surface area contributed by atoms with Crippen molar-refractivity contribution in [3.05, 3.63) is 80.9 Å². The lowest BCUT2D eigenvalue weighted by Crippen LogP contribution is -2.23. The van der Waals surface area contributed by atoms with Crippen LogP contribution >= 0.6 is 0 Å². The third-order valence-corrected chi connectivity index (χ3v) is 4.44. The first kappa shape index (κ1) is 19.4. The summed E-state index contributed by atoms with van der Waals surface area (Å²) in [6.45, 7) is 0.329. The molecule has 0 unspecified atom stereocenters. The summed E-state index contributed by atoms with van der Waals surface area (Å²) in [6.07, 6.45) is 0.333. The van der Waals surface area contributed by atoms with Gasteiger partial charge in [-0.25, -0.2) is 14.3 Å². The number of nitrogens with one attached hydrogen (secondary N) is 3. The van der Waals surface area contributed by atoms with Crippen LogP contribution in [0.4, 0.5) is 18.9 Å². The van der Waals surface area contributed by atoms with Gasteiger partial charge in [0.05, 0.1) is 16.8 Å². The normalized spacial score (nSPS) is 11.7. The molecule has 4 aromatic rings. The molecule has 0 amide bonds. The zero-order valence-corrected chi connectivity index (χ0v) is 15.3. The SMILES string of the molecule is O=c1[nH]cc(-c2cc(NCCc3cccc(C(F)(F)F)c3)c3nccn3n2)c(=O)[nH]1. The van der Waals surface area contributed by atoms with Crippen molar-refractivity contribution in [3.8, 4) is 11.3 Å². The topological polar surface area (TPSA) is 108 Å². The van der Waals surface area contributed by atoms with Crippen LogP contribution in [-0.4, -0.2) is 31.1 Å². The molecule has 0 atom stereocenters. The molecule has 0 aliphatic rings. The van der Waals surface area contributed by atoms with Gasteiger partial charge in [-0.15, -0.1) is 0 Å². The van der Waals surface area contributed by atoms with Crippen LogP contribution in [0.5, 0.6) is 0 Å². The summed E-state index contributed by atoms with van der Waals surface area (Å²) in [7, 11) is 0. The van der Waals surface area contributed by atoms with Gasteiger partial charge in [-0.05, 0) is 24.1 Å². The first-order valence-corrected chi connectivity index (χ1v) is 8.88. The summed E-state index contributed by atoms with van der Waals surface area (Å²) in [6, 6.07) is 6.74. The fourth-order valence-electron chi connectivity index (χ4n) is 3.02. The van der Waals surface area contributed by atoms with Crippen molar-refractivity contribution >= 4 is 11.3 Å². The largest absolute Gasteiger partial charge is 0.416 e. The van der Waals surface area contributed by atoms with Gasteiger partial charge in [0.25, 0.3) is 5.56 Å². The van der Waals surface area contributed by atoms with Crippen LogP contribution in [0.2, 0.25) is 0 Å². The smallest absolute Gasteiger partial charge is 0.382 e. The fraction of sp³-hybridized carbons (Fsp3) is 0.158. The zero-order chi connectivity index (χ0) is 21.3. The van der Waals surface area contributed by atoms with Crippen molar-refractivity contribution in [1.82, 2.24) is 24.6 Å². The summed E-state index contributed by atoms with van der Waals surface area (Å²) in [5.41, 5.74) is 0.0895. The molecule has 3 heterocycles. The molecule has 1 aromatic carbocycles. The Morgan fingerprint density at radius 1 is 1.17 bits per heavy atom. The van der Waals surface area contributed by atoms with Crippen LogP contribution in [0.15, 0.2) is 58.5 Å². The minimum absolute atomic E-state index is 0.158. The molecule has 30 heavy (non-hydrogen) atoms. The number of halogens is 3. The molecule has 3 N–H and O–H groups in total. The van der Waals surface area contributed by atoms with Gasteiger partial charge in [-0.3, -0.25) is 9.78 Å². The van der Waals surface area contributed by atoms with Crippen LogP contribution in [0, 0.1) is 0 Å². The van der Waals surface area contributed by atoms with Crippen molar-refractivity contribution in [2.45, 2.75) is 12.6 Å². The van der Waals surface area contributed by atoms with Gasteiger partial charge < -0.3 is 10.3 Å². The number of hydrogen-bond acceptors (Lipinski definition) is 5. The maximum Gasteiger partial charge on any atom is 0.416 e. The molecule has 4 rings (SSSR count). The standard InChI is InChI=1S/C19H15F3N6O2/c20-19(21,22)12-3-1-2-11(8-12)4-5-23-15-9-14(27-28-7-6-24-16(15)28)13-10-25-18(30)26-17(13)29/h1-3,6-10,23H,4-5H2,(H2,25,26,29,30). The van der Waals surface area contributed by atoms with Gasteiger partial charge in [-0.2, -0.15) is 18.3 Å². The maximum atomic E-state index is 12.9. The van der Waals surface area contributed by atoms with E-state index < -0.39 is 23.0 Å². The highest BCUT2D eigenvalue weighted by Gasteiger charge is 2.30. The van der Waals surface area contributed by atoms with Crippen LogP contribution in [0.25, 0.3) is 16.9 Å². The van der Waals surface area contributed by atoms with Gasteiger partial charge in [0.1, 0.15) is 5.69 Å². The number of aromatic amines is 2. The monoisotopic (exact) mass is 416 g/mol. The number of nitrogens with zero attached hydrogens (tertiary/aromatic N) is 3. The molecule has 8 nitrogen and oxygen atoms in total.